The van der Waals surface area contributed by atoms with Crippen LogP contribution in [-0.2, 0) is 17.1 Å². The van der Waals surface area contributed by atoms with Crippen molar-refractivity contribution in [2.24, 2.45) is 0 Å². The monoisotopic (exact) mass is 234 g/mol. The molecular weight excluding hydrogens is 224 g/mol. The molecule has 2 aromatic rings. The van der Waals surface area contributed by atoms with Crippen LogP contribution < -0.4 is 0 Å². The molecule has 0 aliphatic heterocycles. The first-order chi connectivity index (χ1) is 7.70. The first kappa shape index (κ1) is 11.0. The van der Waals surface area contributed by atoms with E-state index in [1.807, 2.05) is 36.4 Å². The Morgan fingerprint density at radius 3 is 2.69 bits per heavy atom. The van der Waals surface area contributed by atoms with E-state index >= 15 is 0 Å². The van der Waals surface area contributed by atoms with Crippen LogP contribution in [-0.4, -0.2) is 11.1 Å². The SMILES string of the molecule is O=C(O)Cc1cc(CCl)c2ccccc2c1. The van der Waals surface area contributed by atoms with E-state index in [1.165, 1.54) is 0 Å². The average molecular weight is 235 g/mol. The number of aliphatic carboxylic acids is 1. The second kappa shape index (κ2) is 4.54. The molecule has 0 fully saturated rings. The summed E-state index contributed by atoms with van der Waals surface area (Å²) in [6.07, 6.45) is 0.0364. The zero-order valence-corrected chi connectivity index (χ0v) is 9.37. The van der Waals surface area contributed by atoms with Gasteiger partial charge in [0.2, 0.25) is 0 Å². The van der Waals surface area contributed by atoms with E-state index in [4.69, 9.17) is 16.7 Å². The van der Waals surface area contributed by atoms with Crippen molar-refractivity contribution < 1.29 is 9.90 Å². The highest BCUT2D eigenvalue weighted by atomic mass is 35.5. The maximum absolute atomic E-state index is 10.7. The Kier molecular flexibility index (Phi) is 3.11. The molecule has 2 nitrogen and oxygen atoms in total. The Labute approximate surface area is 98.5 Å². The third-order valence-electron chi connectivity index (χ3n) is 2.51. The Morgan fingerprint density at radius 2 is 2.00 bits per heavy atom. The predicted molar refractivity (Wildman–Crippen MR) is 64.8 cm³/mol. The molecule has 0 spiro atoms. The van der Waals surface area contributed by atoms with E-state index in [9.17, 15) is 4.79 Å². The third kappa shape index (κ3) is 2.17. The first-order valence-electron chi connectivity index (χ1n) is 4.99. The summed E-state index contributed by atoms with van der Waals surface area (Å²) in [6.45, 7) is 0. The van der Waals surface area contributed by atoms with E-state index in [2.05, 4.69) is 0 Å². The fourth-order valence-corrected chi connectivity index (χ4v) is 2.07. The van der Waals surface area contributed by atoms with Gasteiger partial charge in [-0.15, -0.1) is 11.6 Å². The summed E-state index contributed by atoms with van der Waals surface area (Å²) in [5, 5.41) is 10.9. The lowest BCUT2D eigenvalue weighted by molar-refractivity contribution is -0.136. The second-order valence-electron chi connectivity index (χ2n) is 3.68. The normalized spacial score (nSPS) is 10.6. The third-order valence-corrected chi connectivity index (χ3v) is 2.79. The lowest BCUT2D eigenvalue weighted by atomic mass is 10.0. The molecule has 2 aromatic carbocycles. The summed E-state index contributed by atoms with van der Waals surface area (Å²) in [7, 11) is 0. The van der Waals surface area contributed by atoms with Gasteiger partial charge in [0.25, 0.3) is 0 Å². The number of halogens is 1. The fraction of sp³-hybridized carbons (Fsp3) is 0.154. The zero-order valence-electron chi connectivity index (χ0n) is 8.61. The Morgan fingerprint density at radius 1 is 1.25 bits per heavy atom. The van der Waals surface area contributed by atoms with Crippen LogP contribution in [0, 0.1) is 0 Å². The highest BCUT2D eigenvalue weighted by Crippen LogP contribution is 2.22. The molecule has 1 N–H and O–H groups in total. The fourth-order valence-electron chi connectivity index (χ4n) is 1.85. The van der Waals surface area contributed by atoms with Crippen LogP contribution in [0.5, 0.6) is 0 Å². The molecule has 2 rings (SSSR count). The first-order valence-corrected chi connectivity index (χ1v) is 5.52. The largest absolute Gasteiger partial charge is 0.481 e. The summed E-state index contributed by atoms with van der Waals surface area (Å²) in [5.74, 6) is -0.427. The molecule has 0 saturated heterocycles. The van der Waals surface area contributed by atoms with E-state index < -0.39 is 5.97 Å². The minimum atomic E-state index is -0.823. The summed E-state index contributed by atoms with van der Waals surface area (Å²) >= 11 is 5.87. The van der Waals surface area contributed by atoms with E-state index in [-0.39, 0.29) is 6.42 Å². The molecule has 0 bridgehead atoms. The van der Waals surface area contributed by atoms with Crippen molar-refractivity contribution in [3.63, 3.8) is 0 Å². The number of hydrogen-bond acceptors (Lipinski definition) is 1. The van der Waals surface area contributed by atoms with Crippen molar-refractivity contribution in [2.75, 3.05) is 0 Å². The van der Waals surface area contributed by atoms with Crippen LogP contribution in [0.25, 0.3) is 10.8 Å². The highest BCUT2D eigenvalue weighted by molar-refractivity contribution is 6.18. The van der Waals surface area contributed by atoms with Crippen LogP contribution in [0.15, 0.2) is 36.4 Å². The Balaban J connectivity index is 2.58. The lowest BCUT2D eigenvalue weighted by Crippen LogP contribution is -2.00. The topological polar surface area (TPSA) is 37.3 Å². The number of fused-ring (bicyclic) bond motifs is 1. The highest BCUT2D eigenvalue weighted by Gasteiger charge is 2.05. The molecule has 82 valence electrons. The number of hydrogen-bond donors (Lipinski definition) is 1. The molecule has 16 heavy (non-hydrogen) atoms. The number of benzene rings is 2. The number of carbonyl (C=O) groups is 1. The maximum atomic E-state index is 10.7. The molecule has 0 aliphatic rings. The van der Waals surface area contributed by atoms with E-state index in [0.717, 1.165) is 21.9 Å². The van der Waals surface area contributed by atoms with Gasteiger partial charge in [0.05, 0.1) is 6.42 Å². The van der Waals surface area contributed by atoms with Crippen molar-refractivity contribution in [2.45, 2.75) is 12.3 Å². The van der Waals surface area contributed by atoms with Gasteiger partial charge in [-0.3, -0.25) is 4.79 Å². The molecule has 0 saturated carbocycles. The van der Waals surface area contributed by atoms with Crippen molar-refractivity contribution >= 4 is 28.3 Å². The van der Waals surface area contributed by atoms with Gasteiger partial charge < -0.3 is 5.11 Å². The van der Waals surface area contributed by atoms with E-state index in [0.29, 0.717) is 5.88 Å². The predicted octanol–water partition coefficient (Wildman–Crippen LogP) is 3.21. The zero-order chi connectivity index (χ0) is 11.5. The number of carboxylic acid groups (broad SMARTS) is 1. The van der Waals surface area contributed by atoms with Gasteiger partial charge in [-0.25, -0.2) is 0 Å². The summed E-state index contributed by atoms with van der Waals surface area (Å²) < 4.78 is 0. The van der Waals surface area contributed by atoms with Gasteiger partial charge in [-0.2, -0.15) is 0 Å². The Hall–Kier alpha value is -1.54. The van der Waals surface area contributed by atoms with Crippen LogP contribution in [0.4, 0.5) is 0 Å². The molecular formula is C13H11ClO2. The second-order valence-corrected chi connectivity index (χ2v) is 3.95. The molecule has 3 heteroatoms. The van der Waals surface area contributed by atoms with Crippen molar-refractivity contribution in [1.29, 1.82) is 0 Å². The molecule has 0 aromatic heterocycles. The Bertz CT molecular complexity index is 534. The molecule has 0 amide bonds. The van der Waals surface area contributed by atoms with Crippen molar-refractivity contribution in [3.05, 3.63) is 47.5 Å². The van der Waals surface area contributed by atoms with Crippen LogP contribution >= 0.6 is 11.6 Å². The average Bonchev–Trinajstić information content (AvgIpc) is 2.27. The molecule has 0 radical (unpaired) electrons. The van der Waals surface area contributed by atoms with Gasteiger partial charge >= 0.3 is 5.97 Å². The summed E-state index contributed by atoms with van der Waals surface area (Å²) in [4.78, 5) is 10.7. The summed E-state index contributed by atoms with van der Waals surface area (Å²) in [6, 6.07) is 11.6. The van der Waals surface area contributed by atoms with Crippen LogP contribution in [0.1, 0.15) is 11.1 Å². The van der Waals surface area contributed by atoms with Gasteiger partial charge in [0, 0.05) is 5.88 Å². The van der Waals surface area contributed by atoms with Crippen molar-refractivity contribution in [3.8, 4) is 0 Å². The minimum absolute atomic E-state index is 0.0364. The van der Waals surface area contributed by atoms with Gasteiger partial charge in [-0.1, -0.05) is 36.4 Å². The van der Waals surface area contributed by atoms with Gasteiger partial charge in [0.15, 0.2) is 0 Å². The molecule has 0 atom stereocenters. The number of alkyl halides is 1. The molecule has 0 unspecified atom stereocenters. The van der Waals surface area contributed by atoms with Crippen molar-refractivity contribution in [1.82, 2.24) is 0 Å². The molecule has 0 heterocycles. The smallest absolute Gasteiger partial charge is 0.307 e. The lowest BCUT2D eigenvalue weighted by Gasteiger charge is -2.06. The van der Waals surface area contributed by atoms with Gasteiger partial charge in [-0.05, 0) is 21.9 Å². The molecule has 0 aliphatic carbocycles. The number of carboxylic acids is 1. The van der Waals surface area contributed by atoms with E-state index in [1.54, 1.807) is 0 Å². The maximum Gasteiger partial charge on any atom is 0.307 e. The van der Waals surface area contributed by atoms with Crippen LogP contribution in [0.3, 0.4) is 0 Å². The van der Waals surface area contributed by atoms with Crippen LogP contribution in [0.2, 0.25) is 0 Å². The van der Waals surface area contributed by atoms with Gasteiger partial charge in [0.1, 0.15) is 0 Å². The standard InChI is InChI=1S/C13H11ClO2/c14-8-11-6-9(7-13(15)16)5-10-3-1-2-4-12(10)11/h1-6H,7-8H2,(H,15,16). The quantitative estimate of drug-likeness (QED) is 0.828. The number of rotatable bonds is 3. The summed E-state index contributed by atoms with van der Waals surface area (Å²) in [5.41, 5.74) is 1.78. The minimum Gasteiger partial charge on any atom is -0.481 e.